The molecule has 1 aliphatic rings. The number of fused-ring (bicyclic) bond motifs is 1. The zero-order valence-corrected chi connectivity index (χ0v) is 22.5. The number of thioether (sulfide) groups is 1. The normalized spacial score (nSPS) is 20.6. The van der Waals surface area contributed by atoms with Crippen LogP contribution in [0.3, 0.4) is 0 Å². The maximum absolute atomic E-state index is 11.1. The number of aromatic nitrogens is 5. The summed E-state index contributed by atoms with van der Waals surface area (Å²) in [6, 6.07) is 12.5. The first-order chi connectivity index (χ1) is 19.8. The van der Waals surface area contributed by atoms with Crippen molar-refractivity contribution >= 4 is 34.4 Å². The molecular formula is C27H25N7O6S. The zero-order chi connectivity index (χ0) is 28.7. The van der Waals surface area contributed by atoms with Gasteiger partial charge in [0, 0.05) is 46.0 Å². The summed E-state index contributed by atoms with van der Waals surface area (Å²) in [7, 11) is 0. The number of hydrogen-bond donors (Lipinski definition) is 3. The van der Waals surface area contributed by atoms with E-state index in [1.807, 2.05) is 37.3 Å². The molecule has 1 saturated heterocycles. The number of aryl methyl sites for hydroxylation is 1. The third-order valence-corrected chi connectivity index (χ3v) is 8.10. The summed E-state index contributed by atoms with van der Waals surface area (Å²) in [6.07, 6.45) is 0.258. The molecule has 0 saturated carbocycles. The Labute approximate surface area is 237 Å². The number of aliphatic hydroxyl groups is 2. The lowest BCUT2D eigenvalue weighted by atomic mass is 10.1. The first-order valence-electron chi connectivity index (χ1n) is 12.6. The molecule has 4 atom stereocenters. The van der Waals surface area contributed by atoms with Gasteiger partial charge in [-0.2, -0.15) is 11.8 Å². The Bertz CT molecular complexity index is 1710. The molecule has 41 heavy (non-hydrogen) atoms. The van der Waals surface area contributed by atoms with Gasteiger partial charge >= 0.3 is 5.82 Å². The number of nitro groups is 1. The molecular weight excluding hydrogens is 550 g/mol. The summed E-state index contributed by atoms with van der Waals surface area (Å²) < 4.78 is 13.4. The standard InChI is InChI=1S/C27H25N7O6S/c1-14-18(24(40-32-14)15-5-3-2-4-6-15)11-41-12-19-22(35)23(36)27(39-19)33-10-17(21-25(28)30-13-31-26(21)33)16-7-8-20(29-9-16)34(37)38/h2-10,13,19,22-23,27,35-36H,11-12H2,1H3,(H2,28,30,31)/t19-,22-,23-,27-/m1/s1. The van der Waals surface area contributed by atoms with E-state index in [1.165, 1.54) is 30.4 Å². The number of nitrogen functional groups attached to an aromatic ring is 1. The molecule has 210 valence electrons. The zero-order valence-electron chi connectivity index (χ0n) is 21.7. The van der Waals surface area contributed by atoms with E-state index in [9.17, 15) is 20.3 Å². The van der Waals surface area contributed by atoms with Crippen LogP contribution in [0.1, 0.15) is 17.5 Å². The van der Waals surface area contributed by atoms with E-state index >= 15 is 0 Å². The molecule has 0 amide bonds. The van der Waals surface area contributed by atoms with Crippen molar-refractivity contribution in [1.82, 2.24) is 24.7 Å². The Kier molecular flexibility index (Phi) is 7.13. The highest BCUT2D eigenvalue weighted by molar-refractivity contribution is 7.98. The molecule has 0 aliphatic carbocycles. The molecule has 14 heteroatoms. The first-order valence-corrected chi connectivity index (χ1v) is 13.8. The van der Waals surface area contributed by atoms with E-state index in [0.717, 1.165) is 16.8 Å². The van der Waals surface area contributed by atoms with Crippen LogP contribution < -0.4 is 5.73 Å². The number of rotatable bonds is 8. The van der Waals surface area contributed by atoms with Crippen molar-refractivity contribution in [2.75, 3.05) is 11.5 Å². The fourth-order valence-electron chi connectivity index (χ4n) is 4.92. The van der Waals surface area contributed by atoms with E-state index in [-0.39, 0.29) is 11.6 Å². The second-order valence-electron chi connectivity index (χ2n) is 9.57. The van der Waals surface area contributed by atoms with Crippen LogP contribution in [0.5, 0.6) is 0 Å². The van der Waals surface area contributed by atoms with Crippen molar-refractivity contribution in [3.63, 3.8) is 0 Å². The summed E-state index contributed by atoms with van der Waals surface area (Å²) in [5, 5.41) is 37.6. The lowest BCUT2D eigenvalue weighted by molar-refractivity contribution is -0.389. The smallest absolute Gasteiger partial charge is 0.363 e. The fourth-order valence-corrected chi connectivity index (χ4v) is 6.09. The number of aliphatic hydroxyl groups excluding tert-OH is 2. The fraction of sp³-hybridized carbons (Fsp3) is 0.259. The Balaban J connectivity index is 1.23. The number of ether oxygens (including phenoxy) is 1. The van der Waals surface area contributed by atoms with Gasteiger partial charge in [0.2, 0.25) is 0 Å². The SMILES string of the molecule is Cc1noc(-c2ccccc2)c1CSC[C@H]1O[C@@H](n2cc(-c3ccc([N+](=O)[O-])nc3)c3c(N)ncnc32)[C@H](O)[C@@H]1O. The van der Waals surface area contributed by atoms with Crippen LogP contribution in [0, 0.1) is 17.0 Å². The summed E-state index contributed by atoms with van der Waals surface area (Å²) in [4.78, 5) is 22.8. The number of nitrogens with zero attached hydrogens (tertiary/aromatic N) is 6. The van der Waals surface area contributed by atoms with E-state index < -0.39 is 29.5 Å². The molecule has 4 aromatic heterocycles. The Morgan fingerprint density at radius 1 is 1.10 bits per heavy atom. The molecule has 5 aromatic rings. The molecule has 0 spiro atoms. The average molecular weight is 576 g/mol. The molecule has 0 unspecified atom stereocenters. The summed E-state index contributed by atoms with van der Waals surface area (Å²) in [5.74, 6) is 1.55. The summed E-state index contributed by atoms with van der Waals surface area (Å²) >= 11 is 1.53. The highest BCUT2D eigenvalue weighted by Crippen LogP contribution is 2.39. The molecule has 6 rings (SSSR count). The lowest BCUT2D eigenvalue weighted by Crippen LogP contribution is -2.32. The van der Waals surface area contributed by atoms with Crippen molar-refractivity contribution in [2.24, 2.45) is 0 Å². The maximum atomic E-state index is 11.1. The van der Waals surface area contributed by atoms with Gasteiger partial charge in [0.05, 0.1) is 17.2 Å². The van der Waals surface area contributed by atoms with Crippen LogP contribution >= 0.6 is 11.8 Å². The van der Waals surface area contributed by atoms with Crippen LogP contribution in [-0.4, -0.2) is 63.9 Å². The number of anilines is 1. The van der Waals surface area contributed by atoms with Gasteiger partial charge in [-0.25, -0.2) is 9.97 Å². The summed E-state index contributed by atoms with van der Waals surface area (Å²) in [6.45, 7) is 1.88. The molecule has 5 heterocycles. The van der Waals surface area contributed by atoms with E-state index in [0.29, 0.717) is 39.4 Å². The first kappa shape index (κ1) is 26.8. The molecule has 1 fully saturated rings. The van der Waals surface area contributed by atoms with Crippen LogP contribution in [0.4, 0.5) is 11.6 Å². The van der Waals surface area contributed by atoms with E-state index in [4.69, 9.17) is 15.0 Å². The summed E-state index contributed by atoms with van der Waals surface area (Å²) in [5.41, 5.74) is 10.3. The lowest BCUT2D eigenvalue weighted by Gasteiger charge is -2.17. The van der Waals surface area contributed by atoms with Crippen molar-refractivity contribution in [3.05, 3.63) is 82.6 Å². The number of pyridine rings is 1. The van der Waals surface area contributed by atoms with Gasteiger partial charge in [0.15, 0.2) is 12.0 Å². The predicted octanol–water partition coefficient (Wildman–Crippen LogP) is 3.50. The number of benzene rings is 1. The second-order valence-corrected chi connectivity index (χ2v) is 10.6. The number of hydrogen-bond acceptors (Lipinski definition) is 12. The molecule has 1 aromatic carbocycles. The largest absolute Gasteiger partial charge is 0.387 e. The van der Waals surface area contributed by atoms with Gasteiger partial charge in [-0.3, -0.25) is 0 Å². The molecule has 4 N–H and O–H groups in total. The minimum absolute atomic E-state index is 0.181. The predicted molar refractivity (Wildman–Crippen MR) is 151 cm³/mol. The maximum Gasteiger partial charge on any atom is 0.363 e. The van der Waals surface area contributed by atoms with Crippen molar-refractivity contribution in [2.45, 2.75) is 37.2 Å². The third kappa shape index (κ3) is 4.91. The van der Waals surface area contributed by atoms with Crippen molar-refractivity contribution in [1.29, 1.82) is 0 Å². The van der Waals surface area contributed by atoms with Crippen LogP contribution in [0.2, 0.25) is 0 Å². The van der Waals surface area contributed by atoms with Gasteiger partial charge in [0.25, 0.3) is 0 Å². The third-order valence-electron chi connectivity index (χ3n) is 7.05. The van der Waals surface area contributed by atoms with Gasteiger partial charge in [0.1, 0.15) is 36.2 Å². The van der Waals surface area contributed by atoms with Crippen molar-refractivity contribution < 1.29 is 24.4 Å². The highest BCUT2D eigenvalue weighted by Gasteiger charge is 2.44. The second kappa shape index (κ2) is 10.9. The van der Waals surface area contributed by atoms with Gasteiger partial charge in [-0.05, 0) is 22.9 Å². The minimum atomic E-state index is -1.26. The van der Waals surface area contributed by atoms with Gasteiger partial charge in [-0.1, -0.05) is 35.5 Å². The van der Waals surface area contributed by atoms with E-state index in [2.05, 4.69) is 20.1 Å². The van der Waals surface area contributed by atoms with Gasteiger partial charge in [-0.15, -0.1) is 0 Å². The highest BCUT2D eigenvalue weighted by atomic mass is 32.2. The van der Waals surface area contributed by atoms with Gasteiger partial charge < -0.3 is 39.9 Å². The minimum Gasteiger partial charge on any atom is -0.387 e. The molecule has 1 aliphatic heterocycles. The van der Waals surface area contributed by atoms with E-state index in [1.54, 1.807) is 16.8 Å². The average Bonchev–Trinajstić information content (AvgIpc) is 3.64. The molecule has 0 bridgehead atoms. The topological polar surface area (TPSA) is 188 Å². The Morgan fingerprint density at radius 3 is 2.63 bits per heavy atom. The van der Waals surface area contributed by atoms with Crippen LogP contribution in [-0.2, 0) is 10.5 Å². The molecule has 0 radical (unpaired) electrons. The van der Waals surface area contributed by atoms with Crippen molar-refractivity contribution in [3.8, 4) is 22.5 Å². The monoisotopic (exact) mass is 575 g/mol. The quantitative estimate of drug-likeness (QED) is 0.181. The van der Waals surface area contributed by atoms with Crippen LogP contribution in [0.15, 0.2) is 65.7 Å². The Hall–Kier alpha value is -4.37. The number of nitrogens with two attached hydrogens (primary N) is 1. The van der Waals surface area contributed by atoms with Crippen LogP contribution in [0.25, 0.3) is 33.5 Å². The Morgan fingerprint density at radius 2 is 1.90 bits per heavy atom. The molecule has 13 nitrogen and oxygen atoms in total.